The highest BCUT2D eigenvalue weighted by molar-refractivity contribution is 6.09. The quantitative estimate of drug-likeness (QED) is 0.511. The summed E-state index contributed by atoms with van der Waals surface area (Å²) in [6.45, 7) is 11.1. The van der Waals surface area contributed by atoms with Crippen LogP contribution in [0, 0.1) is 0 Å². The SMILES string of the molecule is CCC(=O)N1CCN(c2ccc(C(=O)c3cc4ccc(N(CC)CC)cc4o3)cc2)CC1. The third-order valence-corrected chi connectivity index (χ3v) is 6.29. The van der Waals surface area contributed by atoms with Crippen molar-refractivity contribution < 1.29 is 14.0 Å². The Labute approximate surface area is 189 Å². The maximum Gasteiger partial charge on any atom is 0.228 e. The number of ketones is 1. The van der Waals surface area contributed by atoms with Crippen molar-refractivity contribution in [3.63, 3.8) is 0 Å². The molecule has 3 aromatic rings. The van der Waals surface area contributed by atoms with E-state index in [0.29, 0.717) is 17.7 Å². The normalized spacial score (nSPS) is 14.1. The number of piperazine rings is 1. The summed E-state index contributed by atoms with van der Waals surface area (Å²) < 4.78 is 5.93. The molecule has 1 amide bonds. The number of hydrogen-bond donors (Lipinski definition) is 0. The molecule has 1 fully saturated rings. The van der Waals surface area contributed by atoms with Gasteiger partial charge in [-0.1, -0.05) is 6.92 Å². The molecule has 2 aromatic carbocycles. The minimum absolute atomic E-state index is 0.115. The predicted molar refractivity (Wildman–Crippen MR) is 129 cm³/mol. The molecule has 32 heavy (non-hydrogen) atoms. The van der Waals surface area contributed by atoms with Gasteiger partial charge in [-0.25, -0.2) is 0 Å². The maximum atomic E-state index is 13.0. The fraction of sp³-hybridized carbons (Fsp3) is 0.385. The molecule has 0 atom stereocenters. The molecule has 0 N–H and O–H groups in total. The molecule has 1 aromatic heterocycles. The van der Waals surface area contributed by atoms with E-state index in [-0.39, 0.29) is 11.7 Å². The number of carbonyl (C=O) groups is 2. The maximum absolute atomic E-state index is 13.0. The van der Waals surface area contributed by atoms with Crippen LogP contribution in [0.4, 0.5) is 11.4 Å². The van der Waals surface area contributed by atoms with Gasteiger partial charge in [0, 0.05) is 74.1 Å². The van der Waals surface area contributed by atoms with Crippen molar-refractivity contribution in [1.82, 2.24) is 4.90 Å². The van der Waals surface area contributed by atoms with E-state index in [9.17, 15) is 9.59 Å². The van der Waals surface area contributed by atoms with Crippen molar-refractivity contribution in [2.24, 2.45) is 0 Å². The lowest BCUT2D eigenvalue weighted by molar-refractivity contribution is -0.131. The van der Waals surface area contributed by atoms with Crippen LogP contribution in [0.5, 0.6) is 0 Å². The van der Waals surface area contributed by atoms with Crippen LogP contribution in [-0.2, 0) is 4.79 Å². The zero-order valence-electron chi connectivity index (χ0n) is 19.1. The third kappa shape index (κ3) is 4.35. The van der Waals surface area contributed by atoms with Gasteiger partial charge in [0.25, 0.3) is 0 Å². The molecule has 0 saturated carbocycles. The number of hydrogen-bond acceptors (Lipinski definition) is 5. The molecule has 0 radical (unpaired) electrons. The predicted octanol–water partition coefficient (Wildman–Crippen LogP) is 4.57. The topological polar surface area (TPSA) is 57.0 Å². The van der Waals surface area contributed by atoms with Crippen molar-refractivity contribution >= 4 is 34.0 Å². The van der Waals surface area contributed by atoms with Crippen LogP contribution in [0.2, 0.25) is 0 Å². The highest BCUT2D eigenvalue weighted by Gasteiger charge is 2.21. The standard InChI is InChI=1S/C26H31N3O3/c1-4-25(30)29-15-13-28(14-16-29)21-10-7-19(8-11-21)26(31)24-17-20-9-12-22(18-23(20)32-24)27(5-2)6-3/h7-12,17-18H,4-6,13-16H2,1-3H3. The second kappa shape index (κ2) is 9.47. The van der Waals surface area contributed by atoms with Gasteiger partial charge in [0.2, 0.25) is 11.7 Å². The Morgan fingerprint density at radius 3 is 2.22 bits per heavy atom. The molecule has 6 heteroatoms. The number of anilines is 2. The van der Waals surface area contributed by atoms with Gasteiger partial charge >= 0.3 is 0 Å². The average molecular weight is 434 g/mol. The minimum Gasteiger partial charge on any atom is -0.452 e. The lowest BCUT2D eigenvalue weighted by Gasteiger charge is -2.36. The van der Waals surface area contributed by atoms with Gasteiger partial charge in [0.15, 0.2) is 5.76 Å². The van der Waals surface area contributed by atoms with Crippen LogP contribution in [0.1, 0.15) is 43.3 Å². The van der Waals surface area contributed by atoms with E-state index >= 15 is 0 Å². The van der Waals surface area contributed by atoms with Crippen LogP contribution >= 0.6 is 0 Å². The van der Waals surface area contributed by atoms with Gasteiger partial charge < -0.3 is 19.1 Å². The van der Waals surface area contributed by atoms with E-state index in [1.165, 1.54) is 0 Å². The van der Waals surface area contributed by atoms with Crippen molar-refractivity contribution in [3.8, 4) is 0 Å². The lowest BCUT2D eigenvalue weighted by atomic mass is 10.1. The Bertz CT molecular complexity index is 1090. The monoisotopic (exact) mass is 433 g/mol. The van der Waals surface area contributed by atoms with Crippen LogP contribution in [0.3, 0.4) is 0 Å². The van der Waals surface area contributed by atoms with Crippen molar-refractivity contribution in [2.45, 2.75) is 27.2 Å². The molecule has 6 nitrogen and oxygen atoms in total. The van der Waals surface area contributed by atoms with E-state index in [0.717, 1.165) is 61.6 Å². The molecular weight excluding hydrogens is 402 g/mol. The van der Waals surface area contributed by atoms with Gasteiger partial charge in [-0.15, -0.1) is 0 Å². The van der Waals surface area contributed by atoms with Crippen molar-refractivity contribution in [3.05, 3.63) is 59.9 Å². The zero-order valence-corrected chi connectivity index (χ0v) is 19.1. The number of benzene rings is 2. The van der Waals surface area contributed by atoms with Gasteiger partial charge in [0.05, 0.1) is 0 Å². The number of furan rings is 1. The first-order chi connectivity index (χ1) is 15.5. The Kier molecular flexibility index (Phi) is 6.49. The summed E-state index contributed by atoms with van der Waals surface area (Å²) in [5.41, 5.74) is 3.50. The number of nitrogens with zero attached hydrogens (tertiary/aromatic N) is 3. The molecule has 4 rings (SSSR count). The van der Waals surface area contributed by atoms with Gasteiger partial charge in [-0.3, -0.25) is 9.59 Å². The Morgan fingerprint density at radius 1 is 0.906 bits per heavy atom. The number of carbonyl (C=O) groups excluding carboxylic acids is 2. The summed E-state index contributed by atoms with van der Waals surface area (Å²) >= 11 is 0. The third-order valence-electron chi connectivity index (χ3n) is 6.29. The van der Waals surface area contributed by atoms with Crippen molar-refractivity contribution in [1.29, 1.82) is 0 Å². The molecule has 0 unspecified atom stereocenters. The highest BCUT2D eigenvalue weighted by atomic mass is 16.3. The summed E-state index contributed by atoms with van der Waals surface area (Å²) in [6.07, 6.45) is 0.551. The summed E-state index contributed by atoms with van der Waals surface area (Å²) in [5.74, 6) is 0.451. The number of rotatable bonds is 7. The van der Waals surface area contributed by atoms with E-state index in [1.807, 2.05) is 54.3 Å². The first-order valence-corrected chi connectivity index (χ1v) is 11.5. The molecule has 0 aliphatic carbocycles. The molecule has 1 saturated heterocycles. The molecule has 1 aliphatic heterocycles. The van der Waals surface area contributed by atoms with Gasteiger partial charge in [-0.2, -0.15) is 0 Å². The van der Waals surface area contributed by atoms with E-state index in [2.05, 4.69) is 29.7 Å². The summed E-state index contributed by atoms with van der Waals surface area (Å²) in [7, 11) is 0. The van der Waals surface area contributed by atoms with E-state index < -0.39 is 0 Å². The second-order valence-electron chi connectivity index (χ2n) is 8.10. The second-order valence-corrected chi connectivity index (χ2v) is 8.10. The van der Waals surface area contributed by atoms with E-state index in [4.69, 9.17) is 4.42 Å². The van der Waals surface area contributed by atoms with Crippen LogP contribution < -0.4 is 9.80 Å². The first-order valence-electron chi connectivity index (χ1n) is 11.5. The first kappa shape index (κ1) is 21.9. The Balaban J connectivity index is 1.47. The van der Waals surface area contributed by atoms with Crippen LogP contribution in [0.15, 0.2) is 52.9 Å². The number of amides is 1. The summed E-state index contributed by atoms with van der Waals surface area (Å²) in [5, 5.41) is 0.931. The summed E-state index contributed by atoms with van der Waals surface area (Å²) in [6, 6.07) is 15.6. The molecular formula is C26H31N3O3. The fourth-order valence-corrected chi connectivity index (χ4v) is 4.32. The Morgan fingerprint density at radius 2 is 1.59 bits per heavy atom. The molecule has 1 aliphatic rings. The summed E-state index contributed by atoms with van der Waals surface area (Å²) in [4.78, 5) is 31.3. The van der Waals surface area contributed by atoms with Gasteiger partial charge in [0.1, 0.15) is 5.58 Å². The molecule has 2 heterocycles. The molecule has 0 spiro atoms. The smallest absolute Gasteiger partial charge is 0.228 e. The Hall–Kier alpha value is -3.28. The van der Waals surface area contributed by atoms with Crippen LogP contribution in [-0.4, -0.2) is 55.9 Å². The van der Waals surface area contributed by atoms with Crippen molar-refractivity contribution in [2.75, 3.05) is 49.1 Å². The van der Waals surface area contributed by atoms with E-state index in [1.54, 1.807) is 0 Å². The molecule has 168 valence electrons. The minimum atomic E-state index is -0.115. The molecule has 0 bridgehead atoms. The number of fused-ring (bicyclic) bond motifs is 1. The zero-order chi connectivity index (χ0) is 22.7. The van der Waals surface area contributed by atoms with Gasteiger partial charge in [-0.05, 0) is 56.3 Å². The lowest BCUT2D eigenvalue weighted by Crippen LogP contribution is -2.48. The fourth-order valence-electron chi connectivity index (χ4n) is 4.32. The largest absolute Gasteiger partial charge is 0.452 e. The highest BCUT2D eigenvalue weighted by Crippen LogP contribution is 2.27. The van der Waals surface area contributed by atoms with Crippen LogP contribution in [0.25, 0.3) is 11.0 Å². The average Bonchev–Trinajstić information content (AvgIpc) is 3.28.